The molecule has 1 atom stereocenters. The summed E-state index contributed by atoms with van der Waals surface area (Å²) >= 11 is 0. The molecular formula is C16H22N2. The molecule has 0 bridgehead atoms. The molecule has 2 nitrogen and oxygen atoms in total. The molecule has 0 saturated carbocycles. The van der Waals surface area contributed by atoms with E-state index in [-0.39, 0.29) is 0 Å². The molecule has 18 heavy (non-hydrogen) atoms. The summed E-state index contributed by atoms with van der Waals surface area (Å²) in [7, 11) is 0. The molecule has 1 heterocycles. The molecule has 0 aliphatic carbocycles. The summed E-state index contributed by atoms with van der Waals surface area (Å²) in [6.45, 7) is 6.63. The van der Waals surface area contributed by atoms with E-state index in [1.807, 2.05) is 6.20 Å². The third-order valence-corrected chi connectivity index (χ3v) is 3.43. The highest BCUT2D eigenvalue weighted by Gasteiger charge is 2.08. The van der Waals surface area contributed by atoms with Crippen LogP contribution in [0.25, 0.3) is 0 Å². The Bertz CT molecular complexity index is 471. The SMILES string of the molecule is CC(C)c1c[nH]c(CCC(C)c2ccccc2)n1. The Hall–Kier alpha value is -1.57. The van der Waals surface area contributed by atoms with Crippen molar-refractivity contribution in [1.29, 1.82) is 0 Å². The maximum absolute atomic E-state index is 4.62. The molecular weight excluding hydrogens is 220 g/mol. The van der Waals surface area contributed by atoms with E-state index in [1.165, 1.54) is 5.56 Å². The largest absolute Gasteiger partial charge is 0.348 e. The Morgan fingerprint density at radius 1 is 1.11 bits per heavy atom. The summed E-state index contributed by atoms with van der Waals surface area (Å²) in [4.78, 5) is 7.90. The Kier molecular flexibility index (Phi) is 4.19. The van der Waals surface area contributed by atoms with Crippen molar-refractivity contribution in [3.05, 3.63) is 53.6 Å². The predicted molar refractivity (Wildman–Crippen MR) is 75.9 cm³/mol. The van der Waals surface area contributed by atoms with Crippen LogP contribution in [0, 0.1) is 0 Å². The topological polar surface area (TPSA) is 28.7 Å². The zero-order valence-corrected chi connectivity index (χ0v) is 11.5. The van der Waals surface area contributed by atoms with Gasteiger partial charge in [0.05, 0.1) is 5.69 Å². The molecule has 0 amide bonds. The summed E-state index contributed by atoms with van der Waals surface area (Å²) in [5, 5.41) is 0. The molecule has 1 aromatic carbocycles. The molecule has 96 valence electrons. The molecule has 2 aromatic rings. The number of hydrogen-bond donors (Lipinski definition) is 1. The summed E-state index contributed by atoms with van der Waals surface area (Å²) < 4.78 is 0. The van der Waals surface area contributed by atoms with Gasteiger partial charge in [-0.15, -0.1) is 0 Å². The highest BCUT2D eigenvalue weighted by Crippen LogP contribution is 2.20. The Balaban J connectivity index is 1.91. The van der Waals surface area contributed by atoms with Gasteiger partial charge in [-0.3, -0.25) is 0 Å². The first kappa shape index (κ1) is 12.9. The molecule has 1 unspecified atom stereocenters. The average molecular weight is 242 g/mol. The number of nitrogens with one attached hydrogen (secondary N) is 1. The smallest absolute Gasteiger partial charge is 0.106 e. The van der Waals surface area contributed by atoms with Crippen LogP contribution in [-0.2, 0) is 6.42 Å². The minimum absolute atomic E-state index is 0.501. The third-order valence-electron chi connectivity index (χ3n) is 3.43. The standard InChI is InChI=1S/C16H22N2/c1-12(2)15-11-17-16(18-15)10-9-13(3)14-7-5-4-6-8-14/h4-8,11-13H,9-10H2,1-3H3,(H,17,18). The number of hydrogen-bond acceptors (Lipinski definition) is 1. The minimum Gasteiger partial charge on any atom is -0.348 e. The fourth-order valence-corrected chi connectivity index (χ4v) is 2.10. The van der Waals surface area contributed by atoms with Crippen LogP contribution >= 0.6 is 0 Å². The van der Waals surface area contributed by atoms with E-state index in [2.05, 4.69) is 61.1 Å². The average Bonchev–Trinajstić information content (AvgIpc) is 2.86. The van der Waals surface area contributed by atoms with Gasteiger partial charge in [0.25, 0.3) is 0 Å². The summed E-state index contributed by atoms with van der Waals surface area (Å²) in [5.41, 5.74) is 2.57. The van der Waals surface area contributed by atoms with Crippen LogP contribution < -0.4 is 0 Å². The second-order valence-corrected chi connectivity index (χ2v) is 5.28. The molecule has 1 N–H and O–H groups in total. The molecule has 1 aromatic heterocycles. The quantitative estimate of drug-likeness (QED) is 0.833. The molecule has 0 aliphatic heterocycles. The number of benzene rings is 1. The maximum Gasteiger partial charge on any atom is 0.106 e. The molecule has 0 fully saturated rings. The van der Waals surface area contributed by atoms with Crippen molar-refractivity contribution in [2.75, 3.05) is 0 Å². The van der Waals surface area contributed by atoms with E-state index in [0.717, 1.165) is 24.4 Å². The molecule has 2 heteroatoms. The van der Waals surface area contributed by atoms with E-state index in [9.17, 15) is 0 Å². The highest BCUT2D eigenvalue weighted by atomic mass is 14.9. The Morgan fingerprint density at radius 2 is 1.83 bits per heavy atom. The number of nitrogens with zero attached hydrogens (tertiary/aromatic N) is 1. The van der Waals surface area contributed by atoms with Gasteiger partial charge in [-0.2, -0.15) is 0 Å². The van der Waals surface area contributed by atoms with Crippen molar-refractivity contribution < 1.29 is 0 Å². The van der Waals surface area contributed by atoms with Gasteiger partial charge in [-0.05, 0) is 23.8 Å². The zero-order valence-electron chi connectivity index (χ0n) is 11.5. The van der Waals surface area contributed by atoms with Crippen molar-refractivity contribution in [2.24, 2.45) is 0 Å². The van der Waals surface area contributed by atoms with E-state index in [0.29, 0.717) is 11.8 Å². The van der Waals surface area contributed by atoms with Gasteiger partial charge in [-0.25, -0.2) is 4.98 Å². The van der Waals surface area contributed by atoms with E-state index >= 15 is 0 Å². The van der Waals surface area contributed by atoms with Gasteiger partial charge < -0.3 is 4.98 Å². The van der Waals surface area contributed by atoms with Crippen LogP contribution in [0.5, 0.6) is 0 Å². The van der Waals surface area contributed by atoms with Gasteiger partial charge in [-0.1, -0.05) is 51.1 Å². The van der Waals surface area contributed by atoms with Crippen molar-refractivity contribution in [3.8, 4) is 0 Å². The molecule has 0 aliphatic rings. The van der Waals surface area contributed by atoms with Gasteiger partial charge in [0.2, 0.25) is 0 Å². The monoisotopic (exact) mass is 242 g/mol. The first-order valence-electron chi connectivity index (χ1n) is 6.76. The van der Waals surface area contributed by atoms with Crippen LogP contribution in [0.2, 0.25) is 0 Å². The predicted octanol–water partition coefficient (Wildman–Crippen LogP) is 4.27. The second kappa shape index (κ2) is 5.85. The van der Waals surface area contributed by atoms with Crippen LogP contribution in [0.1, 0.15) is 56.1 Å². The molecule has 0 spiro atoms. The molecule has 0 radical (unpaired) electrons. The van der Waals surface area contributed by atoms with E-state index in [4.69, 9.17) is 0 Å². The second-order valence-electron chi connectivity index (χ2n) is 5.28. The van der Waals surface area contributed by atoms with Gasteiger partial charge in [0, 0.05) is 12.6 Å². The Labute approximate surface area is 109 Å². The summed E-state index contributed by atoms with van der Waals surface area (Å²) in [5.74, 6) is 2.20. The minimum atomic E-state index is 0.501. The van der Waals surface area contributed by atoms with Crippen molar-refractivity contribution in [2.45, 2.75) is 45.4 Å². The summed E-state index contributed by atoms with van der Waals surface area (Å²) in [6, 6.07) is 10.7. The van der Waals surface area contributed by atoms with Gasteiger partial charge in [0.1, 0.15) is 5.82 Å². The maximum atomic E-state index is 4.62. The fraction of sp³-hybridized carbons (Fsp3) is 0.438. The van der Waals surface area contributed by atoms with Crippen molar-refractivity contribution in [3.63, 3.8) is 0 Å². The lowest BCUT2D eigenvalue weighted by atomic mass is 9.96. The van der Waals surface area contributed by atoms with Gasteiger partial charge in [0.15, 0.2) is 0 Å². The van der Waals surface area contributed by atoms with Crippen LogP contribution in [-0.4, -0.2) is 9.97 Å². The van der Waals surface area contributed by atoms with E-state index < -0.39 is 0 Å². The summed E-state index contributed by atoms with van der Waals surface area (Å²) in [6.07, 6.45) is 4.19. The lowest BCUT2D eigenvalue weighted by Crippen LogP contribution is -1.98. The fourth-order valence-electron chi connectivity index (χ4n) is 2.10. The number of aromatic amines is 1. The first-order valence-corrected chi connectivity index (χ1v) is 6.76. The number of aryl methyl sites for hydroxylation is 1. The first-order chi connectivity index (χ1) is 8.66. The normalized spacial score (nSPS) is 12.9. The van der Waals surface area contributed by atoms with Crippen molar-refractivity contribution in [1.82, 2.24) is 9.97 Å². The van der Waals surface area contributed by atoms with Crippen LogP contribution in [0.4, 0.5) is 0 Å². The third kappa shape index (κ3) is 3.22. The number of rotatable bonds is 5. The van der Waals surface area contributed by atoms with E-state index in [1.54, 1.807) is 0 Å². The number of imidazole rings is 1. The molecule has 2 rings (SSSR count). The Morgan fingerprint density at radius 3 is 2.44 bits per heavy atom. The molecule has 0 saturated heterocycles. The highest BCUT2D eigenvalue weighted by molar-refractivity contribution is 5.18. The van der Waals surface area contributed by atoms with Gasteiger partial charge >= 0.3 is 0 Å². The van der Waals surface area contributed by atoms with Crippen molar-refractivity contribution >= 4 is 0 Å². The zero-order chi connectivity index (χ0) is 13.0. The lowest BCUT2D eigenvalue weighted by molar-refractivity contribution is 0.661. The van der Waals surface area contributed by atoms with Crippen LogP contribution in [0.15, 0.2) is 36.5 Å². The van der Waals surface area contributed by atoms with Crippen LogP contribution in [0.3, 0.4) is 0 Å². The number of aromatic nitrogens is 2. The lowest BCUT2D eigenvalue weighted by Gasteiger charge is -2.10. The number of H-pyrrole nitrogens is 1.